The summed E-state index contributed by atoms with van der Waals surface area (Å²) in [4.78, 5) is 24.2. The first-order chi connectivity index (χ1) is 22.6. The van der Waals surface area contributed by atoms with E-state index < -0.39 is 6.10 Å². The Bertz CT molecular complexity index is 661. The van der Waals surface area contributed by atoms with Crippen molar-refractivity contribution in [2.45, 2.75) is 225 Å². The van der Waals surface area contributed by atoms with Gasteiger partial charge >= 0.3 is 11.9 Å². The summed E-state index contributed by atoms with van der Waals surface area (Å²) in [5, 5.41) is 9.52. The van der Waals surface area contributed by atoms with E-state index in [4.69, 9.17) is 9.47 Å². The summed E-state index contributed by atoms with van der Waals surface area (Å²) < 4.78 is 10.6. The van der Waals surface area contributed by atoms with Crippen molar-refractivity contribution in [2.75, 3.05) is 13.2 Å². The molecule has 1 N–H and O–H groups in total. The van der Waals surface area contributed by atoms with Crippen LogP contribution >= 0.6 is 0 Å². The van der Waals surface area contributed by atoms with Gasteiger partial charge in [-0.25, -0.2) is 0 Å². The van der Waals surface area contributed by atoms with Crippen LogP contribution in [-0.4, -0.2) is 36.4 Å². The standard InChI is InChI=1S/C41H78O5/c1-3-5-7-9-11-13-15-16-17-18-19-20-21-22-23-24-25-26-28-29-31-33-35-40(43)45-38-39(37-42)46-41(44)36-34-32-30-27-14-12-10-8-6-4-2/h8,10,39,42H,3-7,9,11-38H2,1-2H3/b10-8-. The Labute approximate surface area is 286 Å². The molecule has 1 atom stereocenters. The van der Waals surface area contributed by atoms with E-state index in [0.717, 1.165) is 44.9 Å². The number of ether oxygens (including phenoxy) is 2. The van der Waals surface area contributed by atoms with E-state index in [1.54, 1.807) is 0 Å². The average Bonchev–Trinajstić information content (AvgIpc) is 3.06. The second kappa shape index (κ2) is 38.1. The summed E-state index contributed by atoms with van der Waals surface area (Å²) in [6, 6.07) is 0. The van der Waals surface area contributed by atoms with Crippen molar-refractivity contribution in [3.8, 4) is 0 Å². The number of hydrogen-bond acceptors (Lipinski definition) is 5. The Hall–Kier alpha value is -1.36. The van der Waals surface area contributed by atoms with Gasteiger partial charge in [0.05, 0.1) is 6.61 Å². The van der Waals surface area contributed by atoms with E-state index in [0.29, 0.717) is 12.8 Å². The molecule has 0 spiro atoms. The smallest absolute Gasteiger partial charge is 0.306 e. The van der Waals surface area contributed by atoms with Crippen molar-refractivity contribution in [1.82, 2.24) is 0 Å². The van der Waals surface area contributed by atoms with Gasteiger partial charge in [-0.05, 0) is 32.1 Å². The van der Waals surface area contributed by atoms with Crippen LogP contribution in [0.3, 0.4) is 0 Å². The van der Waals surface area contributed by atoms with Crippen LogP contribution in [-0.2, 0) is 19.1 Å². The maximum atomic E-state index is 12.1. The van der Waals surface area contributed by atoms with Gasteiger partial charge in [0.15, 0.2) is 6.10 Å². The third kappa shape index (κ3) is 35.5. The van der Waals surface area contributed by atoms with Gasteiger partial charge in [-0.3, -0.25) is 9.59 Å². The topological polar surface area (TPSA) is 72.8 Å². The predicted molar refractivity (Wildman–Crippen MR) is 196 cm³/mol. The normalized spacial score (nSPS) is 12.2. The summed E-state index contributed by atoms with van der Waals surface area (Å²) in [5.41, 5.74) is 0. The Morgan fingerprint density at radius 1 is 0.478 bits per heavy atom. The van der Waals surface area contributed by atoms with Crippen molar-refractivity contribution < 1.29 is 24.2 Å². The average molecular weight is 651 g/mol. The Kier molecular flexibility index (Phi) is 37.0. The molecule has 0 amide bonds. The lowest BCUT2D eigenvalue weighted by Gasteiger charge is -2.15. The zero-order valence-electron chi connectivity index (χ0n) is 30.9. The molecule has 272 valence electrons. The lowest BCUT2D eigenvalue weighted by atomic mass is 10.0. The zero-order valence-corrected chi connectivity index (χ0v) is 30.9. The molecule has 0 aromatic carbocycles. The molecule has 0 rings (SSSR count). The van der Waals surface area contributed by atoms with Gasteiger partial charge in [0.2, 0.25) is 0 Å². The molecular formula is C41H78O5. The molecular weight excluding hydrogens is 572 g/mol. The minimum absolute atomic E-state index is 0.0636. The van der Waals surface area contributed by atoms with Gasteiger partial charge in [-0.1, -0.05) is 187 Å². The number of aliphatic hydroxyl groups excluding tert-OH is 1. The number of carbonyl (C=O) groups is 2. The quantitative estimate of drug-likeness (QED) is 0.0411. The van der Waals surface area contributed by atoms with E-state index >= 15 is 0 Å². The first-order valence-corrected chi connectivity index (χ1v) is 20.2. The summed E-state index contributed by atoms with van der Waals surface area (Å²) in [6.07, 6.45) is 42.9. The first kappa shape index (κ1) is 44.6. The number of hydrogen-bond donors (Lipinski definition) is 1. The van der Waals surface area contributed by atoms with Crippen molar-refractivity contribution >= 4 is 11.9 Å². The van der Waals surface area contributed by atoms with E-state index in [9.17, 15) is 14.7 Å². The van der Waals surface area contributed by atoms with E-state index in [1.807, 2.05) is 0 Å². The molecule has 0 radical (unpaired) electrons. The molecule has 5 nitrogen and oxygen atoms in total. The lowest BCUT2D eigenvalue weighted by Crippen LogP contribution is -2.28. The summed E-state index contributed by atoms with van der Waals surface area (Å²) >= 11 is 0. The van der Waals surface area contributed by atoms with Crippen molar-refractivity contribution in [3.05, 3.63) is 12.2 Å². The maximum Gasteiger partial charge on any atom is 0.306 e. The van der Waals surface area contributed by atoms with E-state index in [-0.39, 0.29) is 25.2 Å². The largest absolute Gasteiger partial charge is 0.462 e. The maximum absolute atomic E-state index is 12.1. The van der Waals surface area contributed by atoms with Crippen molar-refractivity contribution in [1.29, 1.82) is 0 Å². The monoisotopic (exact) mass is 651 g/mol. The molecule has 0 bridgehead atoms. The second-order valence-corrected chi connectivity index (χ2v) is 13.7. The molecule has 0 saturated carbocycles. The Morgan fingerprint density at radius 2 is 0.848 bits per heavy atom. The van der Waals surface area contributed by atoms with Gasteiger partial charge in [0.1, 0.15) is 6.61 Å². The number of rotatable bonds is 37. The van der Waals surface area contributed by atoms with Crippen molar-refractivity contribution in [3.63, 3.8) is 0 Å². The Balaban J connectivity index is 3.44. The summed E-state index contributed by atoms with van der Waals surface area (Å²) in [6.45, 7) is 4.08. The molecule has 46 heavy (non-hydrogen) atoms. The van der Waals surface area contributed by atoms with Gasteiger partial charge in [-0.2, -0.15) is 0 Å². The van der Waals surface area contributed by atoms with Crippen molar-refractivity contribution in [2.24, 2.45) is 0 Å². The van der Waals surface area contributed by atoms with Crippen LogP contribution in [0.4, 0.5) is 0 Å². The molecule has 0 aliphatic carbocycles. The van der Waals surface area contributed by atoms with Crippen LogP contribution in [0, 0.1) is 0 Å². The number of unbranched alkanes of at least 4 members (excludes halogenated alkanes) is 27. The van der Waals surface area contributed by atoms with Gasteiger partial charge in [0.25, 0.3) is 0 Å². The summed E-state index contributed by atoms with van der Waals surface area (Å²) in [7, 11) is 0. The van der Waals surface area contributed by atoms with Crippen LogP contribution in [0.15, 0.2) is 12.2 Å². The van der Waals surface area contributed by atoms with E-state index in [2.05, 4.69) is 26.0 Å². The third-order valence-electron chi connectivity index (χ3n) is 9.04. The SMILES string of the molecule is CCC/C=C\CCCCCCCC(=O)OC(CO)COC(=O)CCCCCCCCCCCCCCCCCCCCCCCC. The molecule has 0 saturated heterocycles. The molecule has 0 aliphatic heterocycles. The minimum Gasteiger partial charge on any atom is -0.462 e. The van der Waals surface area contributed by atoms with E-state index in [1.165, 1.54) is 148 Å². The fourth-order valence-electron chi connectivity index (χ4n) is 5.97. The number of allylic oxidation sites excluding steroid dienone is 2. The molecule has 0 aliphatic rings. The first-order valence-electron chi connectivity index (χ1n) is 20.2. The molecule has 0 fully saturated rings. The van der Waals surface area contributed by atoms with Gasteiger partial charge < -0.3 is 14.6 Å². The molecule has 0 heterocycles. The second-order valence-electron chi connectivity index (χ2n) is 13.7. The van der Waals surface area contributed by atoms with Crippen LogP contribution in [0.1, 0.15) is 219 Å². The molecule has 5 heteroatoms. The third-order valence-corrected chi connectivity index (χ3v) is 9.04. The van der Waals surface area contributed by atoms with Crippen LogP contribution in [0.5, 0.6) is 0 Å². The van der Waals surface area contributed by atoms with Gasteiger partial charge in [-0.15, -0.1) is 0 Å². The summed E-state index contributed by atoms with van der Waals surface area (Å²) in [5.74, 6) is -0.593. The number of carbonyl (C=O) groups excluding carboxylic acids is 2. The highest BCUT2D eigenvalue weighted by atomic mass is 16.6. The van der Waals surface area contributed by atoms with Crippen LogP contribution < -0.4 is 0 Å². The fraction of sp³-hybridized carbons (Fsp3) is 0.902. The lowest BCUT2D eigenvalue weighted by molar-refractivity contribution is -0.161. The van der Waals surface area contributed by atoms with Crippen LogP contribution in [0.25, 0.3) is 0 Å². The molecule has 0 aromatic heterocycles. The molecule has 1 unspecified atom stereocenters. The molecule has 0 aromatic rings. The zero-order chi connectivity index (χ0) is 33.6. The minimum atomic E-state index is -0.768. The number of esters is 2. The predicted octanol–water partition coefficient (Wildman–Crippen LogP) is 12.5. The van der Waals surface area contributed by atoms with Crippen LogP contribution in [0.2, 0.25) is 0 Å². The number of aliphatic hydroxyl groups is 1. The van der Waals surface area contributed by atoms with Gasteiger partial charge in [0, 0.05) is 12.8 Å². The highest BCUT2D eigenvalue weighted by Crippen LogP contribution is 2.16. The highest BCUT2D eigenvalue weighted by molar-refractivity contribution is 5.70. The Morgan fingerprint density at radius 3 is 1.26 bits per heavy atom. The fourth-order valence-corrected chi connectivity index (χ4v) is 5.97. The highest BCUT2D eigenvalue weighted by Gasteiger charge is 2.16.